The van der Waals surface area contributed by atoms with E-state index >= 15 is 0 Å². The Morgan fingerprint density at radius 3 is 2.75 bits per heavy atom. The minimum Gasteiger partial charge on any atom is -0.326 e. The van der Waals surface area contributed by atoms with E-state index in [0.29, 0.717) is 6.54 Å². The van der Waals surface area contributed by atoms with E-state index in [0.717, 1.165) is 19.4 Å². The predicted molar refractivity (Wildman–Crippen MR) is 30.6 cm³/mol. The summed E-state index contributed by atoms with van der Waals surface area (Å²) in [6, 6.07) is 0.189. The lowest BCUT2D eigenvalue weighted by atomic mass is 10.1. The summed E-state index contributed by atoms with van der Waals surface area (Å²) >= 11 is 0. The normalized spacial score (nSPS) is 33.0. The van der Waals surface area contributed by atoms with Crippen LogP contribution in [0.4, 0.5) is 0 Å². The average molecular weight is 116 g/mol. The van der Waals surface area contributed by atoms with Crippen LogP contribution < -0.4 is 5.73 Å². The van der Waals surface area contributed by atoms with Crippen LogP contribution in [0.15, 0.2) is 0 Å². The standard InChI is InChI=1S/C5H12N2O/c6-5-2-1-3-7(8)4-5/h5,8H,1-4,6H2. The van der Waals surface area contributed by atoms with Gasteiger partial charge in [0.1, 0.15) is 0 Å². The van der Waals surface area contributed by atoms with Crippen molar-refractivity contribution in [2.24, 2.45) is 5.73 Å². The van der Waals surface area contributed by atoms with E-state index in [9.17, 15) is 0 Å². The van der Waals surface area contributed by atoms with Gasteiger partial charge in [-0.3, -0.25) is 0 Å². The van der Waals surface area contributed by atoms with Crippen molar-refractivity contribution in [3.8, 4) is 0 Å². The maximum Gasteiger partial charge on any atom is 0.0389 e. The fourth-order valence-electron chi connectivity index (χ4n) is 0.989. The van der Waals surface area contributed by atoms with Crippen LogP contribution in [0, 0.1) is 0 Å². The van der Waals surface area contributed by atoms with Gasteiger partial charge in [-0.15, -0.1) is 0 Å². The van der Waals surface area contributed by atoms with Gasteiger partial charge in [0.05, 0.1) is 0 Å². The molecule has 1 atom stereocenters. The first-order chi connectivity index (χ1) is 3.79. The number of hydrogen-bond donors (Lipinski definition) is 2. The molecule has 0 spiro atoms. The predicted octanol–water partition coefficient (Wildman–Crippen LogP) is -0.201. The van der Waals surface area contributed by atoms with E-state index in [-0.39, 0.29) is 6.04 Å². The summed E-state index contributed by atoms with van der Waals surface area (Å²) in [7, 11) is 0. The van der Waals surface area contributed by atoms with Gasteiger partial charge in [0.25, 0.3) is 0 Å². The van der Waals surface area contributed by atoms with Crippen molar-refractivity contribution in [3.63, 3.8) is 0 Å². The Morgan fingerprint density at radius 1 is 1.62 bits per heavy atom. The van der Waals surface area contributed by atoms with Gasteiger partial charge in [0.2, 0.25) is 0 Å². The van der Waals surface area contributed by atoms with Crippen molar-refractivity contribution in [3.05, 3.63) is 0 Å². The highest BCUT2D eigenvalue weighted by Gasteiger charge is 2.13. The minimum atomic E-state index is 0.189. The number of nitrogens with two attached hydrogens (primary N) is 1. The second kappa shape index (κ2) is 2.44. The number of piperidine rings is 1. The van der Waals surface area contributed by atoms with Gasteiger partial charge in [-0.05, 0) is 12.8 Å². The third-order valence-corrected chi connectivity index (χ3v) is 1.44. The van der Waals surface area contributed by atoms with Crippen molar-refractivity contribution >= 4 is 0 Å². The van der Waals surface area contributed by atoms with E-state index in [1.165, 1.54) is 5.06 Å². The zero-order chi connectivity index (χ0) is 5.98. The fraction of sp³-hybridized carbons (Fsp3) is 1.00. The molecule has 1 fully saturated rings. The van der Waals surface area contributed by atoms with Crippen LogP contribution in [0.3, 0.4) is 0 Å². The molecule has 1 saturated heterocycles. The molecule has 0 amide bonds. The first-order valence-electron chi connectivity index (χ1n) is 2.98. The van der Waals surface area contributed by atoms with Crippen molar-refractivity contribution in [1.82, 2.24) is 5.06 Å². The van der Waals surface area contributed by atoms with Crippen LogP contribution in [-0.4, -0.2) is 29.4 Å². The molecule has 0 aromatic heterocycles. The lowest BCUT2D eigenvalue weighted by molar-refractivity contribution is -0.107. The molecular formula is C5H12N2O. The number of hydroxylamine groups is 2. The molecule has 3 N–H and O–H groups in total. The van der Waals surface area contributed by atoms with Crippen LogP contribution >= 0.6 is 0 Å². The van der Waals surface area contributed by atoms with Gasteiger partial charge >= 0.3 is 0 Å². The molecule has 1 unspecified atom stereocenters. The molecule has 8 heavy (non-hydrogen) atoms. The largest absolute Gasteiger partial charge is 0.326 e. The molecule has 1 aliphatic rings. The van der Waals surface area contributed by atoms with E-state index in [1.807, 2.05) is 0 Å². The van der Waals surface area contributed by atoms with Crippen molar-refractivity contribution < 1.29 is 5.21 Å². The van der Waals surface area contributed by atoms with Crippen molar-refractivity contribution in [2.75, 3.05) is 13.1 Å². The van der Waals surface area contributed by atoms with E-state index in [2.05, 4.69) is 0 Å². The monoisotopic (exact) mass is 116 g/mol. The Labute approximate surface area is 49.0 Å². The lowest BCUT2D eigenvalue weighted by Gasteiger charge is -2.24. The average Bonchev–Trinajstić information content (AvgIpc) is 1.64. The molecule has 3 nitrogen and oxygen atoms in total. The molecule has 0 radical (unpaired) electrons. The van der Waals surface area contributed by atoms with Gasteiger partial charge in [-0.2, -0.15) is 5.06 Å². The second-order valence-electron chi connectivity index (χ2n) is 2.31. The summed E-state index contributed by atoms with van der Waals surface area (Å²) in [6.45, 7) is 1.42. The SMILES string of the molecule is NC1CCCN(O)C1. The van der Waals surface area contributed by atoms with Crippen LogP contribution in [0.1, 0.15) is 12.8 Å². The Morgan fingerprint density at radius 2 is 2.38 bits per heavy atom. The highest BCUT2D eigenvalue weighted by Crippen LogP contribution is 2.04. The Bertz CT molecular complexity index is 68.8. The summed E-state index contributed by atoms with van der Waals surface area (Å²) in [5.41, 5.74) is 5.52. The molecule has 1 aliphatic heterocycles. The Balaban J connectivity index is 2.23. The minimum absolute atomic E-state index is 0.189. The zero-order valence-corrected chi connectivity index (χ0v) is 4.88. The van der Waals surface area contributed by atoms with Crippen LogP contribution in [0.25, 0.3) is 0 Å². The van der Waals surface area contributed by atoms with Gasteiger partial charge in [0.15, 0.2) is 0 Å². The Kier molecular flexibility index (Phi) is 1.83. The first kappa shape index (κ1) is 6.01. The van der Waals surface area contributed by atoms with E-state index in [1.54, 1.807) is 0 Å². The molecule has 0 aromatic rings. The summed E-state index contributed by atoms with van der Waals surface area (Å²) in [6.07, 6.45) is 2.08. The van der Waals surface area contributed by atoms with Crippen molar-refractivity contribution in [2.45, 2.75) is 18.9 Å². The topological polar surface area (TPSA) is 49.5 Å². The van der Waals surface area contributed by atoms with E-state index in [4.69, 9.17) is 10.9 Å². The molecule has 0 saturated carbocycles. The van der Waals surface area contributed by atoms with Crippen LogP contribution in [-0.2, 0) is 0 Å². The number of nitrogens with zero attached hydrogens (tertiary/aromatic N) is 1. The molecule has 1 rings (SSSR count). The van der Waals surface area contributed by atoms with Gasteiger partial charge in [-0.1, -0.05) is 0 Å². The maximum absolute atomic E-state index is 8.83. The zero-order valence-electron chi connectivity index (χ0n) is 4.88. The van der Waals surface area contributed by atoms with Crippen LogP contribution in [0.2, 0.25) is 0 Å². The molecule has 1 heterocycles. The van der Waals surface area contributed by atoms with Crippen molar-refractivity contribution in [1.29, 1.82) is 0 Å². The molecule has 48 valence electrons. The molecular weight excluding hydrogens is 104 g/mol. The van der Waals surface area contributed by atoms with Gasteiger partial charge in [0, 0.05) is 19.1 Å². The quantitative estimate of drug-likeness (QED) is 0.460. The van der Waals surface area contributed by atoms with Gasteiger partial charge in [-0.25, -0.2) is 0 Å². The highest BCUT2D eigenvalue weighted by atomic mass is 16.5. The Hall–Kier alpha value is -0.120. The molecule has 0 aliphatic carbocycles. The number of hydrogen-bond acceptors (Lipinski definition) is 3. The third-order valence-electron chi connectivity index (χ3n) is 1.44. The molecule has 3 heteroatoms. The lowest BCUT2D eigenvalue weighted by Crippen LogP contribution is -2.40. The molecule has 0 bridgehead atoms. The first-order valence-corrected chi connectivity index (χ1v) is 2.98. The number of rotatable bonds is 0. The highest BCUT2D eigenvalue weighted by molar-refractivity contribution is 4.69. The smallest absolute Gasteiger partial charge is 0.0389 e. The summed E-state index contributed by atoms with van der Waals surface area (Å²) in [5, 5.41) is 10.1. The molecule has 0 aromatic carbocycles. The van der Waals surface area contributed by atoms with Gasteiger partial charge < -0.3 is 10.9 Å². The summed E-state index contributed by atoms with van der Waals surface area (Å²) in [4.78, 5) is 0. The maximum atomic E-state index is 8.83. The third kappa shape index (κ3) is 1.43. The summed E-state index contributed by atoms with van der Waals surface area (Å²) < 4.78 is 0. The second-order valence-corrected chi connectivity index (χ2v) is 2.31. The van der Waals surface area contributed by atoms with E-state index < -0.39 is 0 Å². The van der Waals surface area contributed by atoms with Crippen LogP contribution in [0.5, 0.6) is 0 Å². The fourth-order valence-corrected chi connectivity index (χ4v) is 0.989. The summed E-state index contributed by atoms with van der Waals surface area (Å²) in [5.74, 6) is 0.